The molecular weight excluding hydrogens is 308 g/mol. The maximum atomic E-state index is 12.2. The first-order valence-electron chi connectivity index (χ1n) is 6.94. The van der Waals surface area contributed by atoms with Gasteiger partial charge in [0.15, 0.2) is 0 Å². The molecule has 120 valence electrons. The van der Waals surface area contributed by atoms with Crippen LogP contribution >= 0.6 is 11.6 Å². The largest absolute Gasteiger partial charge is 0.496 e. The van der Waals surface area contributed by atoms with Gasteiger partial charge in [-0.3, -0.25) is 4.79 Å². The number of benzene rings is 1. The van der Waals surface area contributed by atoms with E-state index in [4.69, 9.17) is 16.3 Å². The molecule has 6 nitrogen and oxygen atoms in total. The number of amides is 2. The van der Waals surface area contributed by atoms with E-state index in [0.29, 0.717) is 23.7 Å². The van der Waals surface area contributed by atoms with Gasteiger partial charge in [0.1, 0.15) is 5.75 Å². The molecule has 0 saturated carbocycles. The highest BCUT2D eigenvalue weighted by atomic mass is 35.5. The van der Waals surface area contributed by atoms with Gasteiger partial charge in [0.25, 0.3) is 0 Å². The minimum atomic E-state index is -0.876. The van der Waals surface area contributed by atoms with Gasteiger partial charge in [-0.25, -0.2) is 4.79 Å². The van der Waals surface area contributed by atoms with E-state index >= 15 is 0 Å². The molecule has 2 N–H and O–H groups in total. The Kier molecular flexibility index (Phi) is 4.81. The van der Waals surface area contributed by atoms with Gasteiger partial charge in [0, 0.05) is 30.2 Å². The summed E-state index contributed by atoms with van der Waals surface area (Å²) in [7, 11) is 1.55. The fourth-order valence-electron chi connectivity index (χ4n) is 2.48. The fraction of sp³-hybridized carbons (Fsp3) is 0.467. The predicted octanol–water partition coefficient (Wildman–Crippen LogP) is 2.35. The lowest BCUT2D eigenvalue weighted by atomic mass is 9.90. The van der Waals surface area contributed by atoms with Crippen molar-refractivity contribution in [1.82, 2.24) is 10.2 Å². The van der Waals surface area contributed by atoms with Crippen LogP contribution in [0, 0.1) is 5.41 Å². The second-order valence-corrected chi connectivity index (χ2v) is 6.09. The third-order valence-corrected chi connectivity index (χ3v) is 4.18. The van der Waals surface area contributed by atoms with E-state index in [1.54, 1.807) is 32.2 Å². The number of urea groups is 1. The SMILES string of the molecule is COc1ccc(Cl)cc1CNC(=O)N1CCC(C)(C(=O)O)C1. The normalized spacial score (nSPS) is 20.8. The van der Waals surface area contributed by atoms with E-state index in [9.17, 15) is 14.7 Å². The summed E-state index contributed by atoms with van der Waals surface area (Å²) in [6.07, 6.45) is 0.455. The van der Waals surface area contributed by atoms with Gasteiger partial charge in [0.2, 0.25) is 0 Å². The van der Waals surface area contributed by atoms with E-state index in [2.05, 4.69) is 5.32 Å². The number of carboxylic acids is 1. The third kappa shape index (κ3) is 3.44. The maximum absolute atomic E-state index is 12.2. The van der Waals surface area contributed by atoms with Crippen LogP contribution in [0.2, 0.25) is 5.02 Å². The van der Waals surface area contributed by atoms with Crippen molar-refractivity contribution in [3.05, 3.63) is 28.8 Å². The van der Waals surface area contributed by atoms with E-state index < -0.39 is 11.4 Å². The van der Waals surface area contributed by atoms with Crippen molar-refractivity contribution in [2.45, 2.75) is 19.9 Å². The summed E-state index contributed by atoms with van der Waals surface area (Å²) in [5.74, 6) is -0.235. The van der Waals surface area contributed by atoms with Crippen LogP contribution in [0.3, 0.4) is 0 Å². The molecule has 0 spiro atoms. The molecule has 1 fully saturated rings. The van der Waals surface area contributed by atoms with Gasteiger partial charge in [-0.15, -0.1) is 0 Å². The summed E-state index contributed by atoms with van der Waals surface area (Å²) in [5.41, 5.74) is -0.103. The number of aliphatic carboxylic acids is 1. The number of methoxy groups -OCH3 is 1. The van der Waals surface area contributed by atoms with Crippen LogP contribution in [0.15, 0.2) is 18.2 Å². The lowest BCUT2D eigenvalue weighted by molar-refractivity contribution is -0.146. The van der Waals surface area contributed by atoms with Crippen LogP contribution in [-0.4, -0.2) is 42.2 Å². The number of halogens is 1. The lowest BCUT2D eigenvalue weighted by Crippen LogP contribution is -2.40. The van der Waals surface area contributed by atoms with Crippen LogP contribution in [0.25, 0.3) is 0 Å². The maximum Gasteiger partial charge on any atom is 0.317 e. The third-order valence-electron chi connectivity index (χ3n) is 3.95. The van der Waals surface area contributed by atoms with Crippen molar-refractivity contribution >= 4 is 23.6 Å². The first-order valence-corrected chi connectivity index (χ1v) is 7.32. The topological polar surface area (TPSA) is 78.9 Å². The first kappa shape index (κ1) is 16.4. The summed E-state index contributed by atoms with van der Waals surface area (Å²) in [6, 6.07) is 4.89. The Labute approximate surface area is 134 Å². The van der Waals surface area contributed by atoms with Gasteiger partial charge in [0.05, 0.1) is 12.5 Å². The molecule has 0 radical (unpaired) electrons. The van der Waals surface area contributed by atoms with Crippen molar-refractivity contribution in [2.75, 3.05) is 20.2 Å². The van der Waals surface area contributed by atoms with Gasteiger partial charge >= 0.3 is 12.0 Å². The van der Waals surface area contributed by atoms with Crippen LogP contribution in [0.1, 0.15) is 18.9 Å². The number of ether oxygens (including phenoxy) is 1. The molecule has 0 aromatic heterocycles. The molecule has 1 aliphatic heterocycles. The summed E-state index contributed by atoms with van der Waals surface area (Å²) in [5, 5.41) is 12.5. The molecule has 1 aromatic rings. The Hall–Kier alpha value is -1.95. The van der Waals surface area contributed by atoms with Crippen LogP contribution in [-0.2, 0) is 11.3 Å². The zero-order valence-corrected chi connectivity index (χ0v) is 13.3. The zero-order valence-electron chi connectivity index (χ0n) is 12.6. The number of nitrogens with one attached hydrogen (secondary N) is 1. The van der Waals surface area contributed by atoms with Crippen molar-refractivity contribution in [3.8, 4) is 5.75 Å². The zero-order chi connectivity index (χ0) is 16.3. The number of hydrogen-bond donors (Lipinski definition) is 2. The molecule has 1 atom stereocenters. The van der Waals surface area contributed by atoms with Crippen LogP contribution < -0.4 is 10.1 Å². The second kappa shape index (κ2) is 6.44. The molecule has 2 rings (SSSR count). The molecule has 1 unspecified atom stereocenters. The summed E-state index contributed by atoms with van der Waals surface area (Å²) in [4.78, 5) is 24.9. The standard InChI is InChI=1S/C15H19ClN2O4/c1-15(13(19)20)5-6-18(9-15)14(21)17-8-10-7-11(16)3-4-12(10)22-2/h3-4,7H,5-6,8-9H2,1-2H3,(H,17,21)(H,19,20). The molecule has 7 heteroatoms. The molecule has 0 aliphatic carbocycles. The highest BCUT2D eigenvalue weighted by Crippen LogP contribution is 2.30. The Bertz CT molecular complexity index is 593. The Morgan fingerprint density at radius 1 is 1.50 bits per heavy atom. The summed E-state index contributed by atoms with van der Waals surface area (Å²) in [6.45, 7) is 2.56. The minimum Gasteiger partial charge on any atom is -0.496 e. The molecule has 22 heavy (non-hydrogen) atoms. The highest BCUT2D eigenvalue weighted by Gasteiger charge is 2.42. The number of likely N-dealkylation sites (tertiary alicyclic amines) is 1. The number of nitrogens with zero attached hydrogens (tertiary/aromatic N) is 1. The number of rotatable bonds is 4. The van der Waals surface area contributed by atoms with E-state index in [1.807, 2.05) is 0 Å². The van der Waals surface area contributed by atoms with E-state index in [1.165, 1.54) is 4.90 Å². The minimum absolute atomic E-state index is 0.209. The van der Waals surface area contributed by atoms with E-state index in [-0.39, 0.29) is 19.1 Å². The average Bonchev–Trinajstić information content (AvgIpc) is 2.89. The molecule has 0 bridgehead atoms. The fourth-order valence-corrected chi connectivity index (χ4v) is 2.67. The van der Waals surface area contributed by atoms with Gasteiger partial charge in [-0.1, -0.05) is 11.6 Å². The van der Waals surface area contributed by atoms with Crippen molar-refractivity contribution in [3.63, 3.8) is 0 Å². The lowest BCUT2D eigenvalue weighted by Gasteiger charge is -2.21. The van der Waals surface area contributed by atoms with Crippen molar-refractivity contribution < 1.29 is 19.4 Å². The molecular formula is C15H19ClN2O4. The van der Waals surface area contributed by atoms with Gasteiger partial charge in [-0.05, 0) is 31.5 Å². The molecule has 1 aliphatic rings. The number of carbonyl (C=O) groups excluding carboxylic acids is 1. The molecule has 2 amide bonds. The molecule has 1 saturated heterocycles. The number of carbonyl (C=O) groups is 2. The highest BCUT2D eigenvalue weighted by molar-refractivity contribution is 6.30. The predicted molar refractivity (Wildman–Crippen MR) is 82.2 cm³/mol. The monoisotopic (exact) mass is 326 g/mol. The quantitative estimate of drug-likeness (QED) is 0.890. The second-order valence-electron chi connectivity index (χ2n) is 5.65. The van der Waals surface area contributed by atoms with Crippen LogP contribution in [0.5, 0.6) is 5.75 Å². The average molecular weight is 327 g/mol. The molecule has 1 heterocycles. The van der Waals surface area contributed by atoms with Gasteiger partial charge in [-0.2, -0.15) is 0 Å². The summed E-state index contributed by atoms with van der Waals surface area (Å²) < 4.78 is 5.22. The van der Waals surface area contributed by atoms with Crippen LogP contribution in [0.4, 0.5) is 4.79 Å². The first-order chi connectivity index (χ1) is 10.4. The van der Waals surface area contributed by atoms with Gasteiger partial charge < -0.3 is 20.1 Å². The number of hydrogen-bond acceptors (Lipinski definition) is 3. The Morgan fingerprint density at radius 2 is 2.23 bits per heavy atom. The Morgan fingerprint density at radius 3 is 2.82 bits per heavy atom. The van der Waals surface area contributed by atoms with Crippen molar-refractivity contribution in [2.24, 2.45) is 5.41 Å². The van der Waals surface area contributed by atoms with E-state index in [0.717, 1.165) is 5.56 Å². The van der Waals surface area contributed by atoms with Crippen molar-refractivity contribution in [1.29, 1.82) is 0 Å². The molecule has 1 aromatic carbocycles. The number of carboxylic acid groups (broad SMARTS) is 1. The Balaban J connectivity index is 1.97. The summed E-state index contributed by atoms with van der Waals surface area (Å²) >= 11 is 5.94. The smallest absolute Gasteiger partial charge is 0.317 e.